The minimum atomic E-state index is -4.47. The highest BCUT2D eigenvalue weighted by molar-refractivity contribution is 5.80. The Hall–Kier alpha value is -2.02. The molecule has 1 fully saturated rings. The Morgan fingerprint density at radius 1 is 1.27 bits per heavy atom. The van der Waals surface area contributed by atoms with Gasteiger partial charge in [-0.05, 0) is 44.6 Å². The lowest BCUT2D eigenvalue weighted by molar-refractivity contribution is -0.136. The van der Waals surface area contributed by atoms with Crippen LogP contribution < -0.4 is 10.1 Å². The van der Waals surface area contributed by atoms with Gasteiger partial charge in [0.05, 0.1) is 17.4 Å². The van der Waals surface area contributed by atoms with Crippen LogP contribution in [0.15, 0.2) is 30.1 Å². The fourth-order valence-electron chi connectivity index (χ4n) is 4.03. The van der Waals surface area contributed by atoms with Crippen LogP contribution in [0.3, 0.4) is 0 Å². The van der Waals surface area contributed by atoms with Crippen molar-refractivity contribution in [2.75, 3.05) is 6.61 Å². The second kappa shape index (κ2) is 6.61. The smallest absolute Gasteiger partial charge is 0.418 e. The van der Waals surface area contributed by atoms with Gasteiger partial charge in [-0.25, -0.2) is 4.98 Å². The second-order valence-electron chi connectivity index (χ2n) is 7.33. The van der Waals surface area contributed by atoms with E-state index in [0.717, 1.165) is 18.9 Å². The number of halogens is 3. The average molecular weight is 365 g/mol. The molecule has 4 rings (SSSR count). The number of hydrogen-bond donors (Lipinski definition) is 2. The first-order valence-electron chi connectivity index (χ1n) is 9.02. The molecule has 1 aromatic heterocycles. The molecule has 1 aliphatic heterocycles. The van der Waals surface area contributed by atoms with Gasteiger partial charge in [-0.1, -0.05) is 11.6 Å². The molecule has 26 heavy (non-hydrogen) atoms. The van der Waals surface area contributed by atoms with Crippen molar-refractivity contribution >= 4 is 11.0 Å². The lowest BCUT2D eigenvalue weighted by Crippen LogP contribution is -2.47. The molecule has 0 saturated carbocycles. The number of H-pyrrole nitrogens is 1. The number of hydrogen-bond acceptors (Lipinski definition) is 3. The fraction of sp³-hybridized carbons (Fsp3) is 0.526. The van der Waals surface area contributed by atoms with E-state index in [0.29, 0.717) is 24.1 Å². The summed E-state index contributed by atoms with van der Waals surface area (Å²) in [5, 5.41) is 3.50. The molecule has 2 aromatic rings. The van der Waals surface area contributed by atoms with E-state index in [1.807, 2.05) is 0 Å². The maximum absolute atomic E-state index is 13.3. The molecule has 1 aromatic carbocycles. The Morgan fingerprint density at radius 2 is 2.08 bits per heavy atom. The summed E-state index contributed by atoms with van der Waals surface area (Å²) in [6.45, 7) is 2.50. The van der Waals surface area contributed by atoms with Crippen molar-refractivity contribution in [1.82, 2.24) is 15.3 Å². The Morgan fingerprint density at radius 3 is 2.77 bits per heavy atom. The maximum atomic E-state index is 13.3. The number of piperidine rings is 1. The largest absolute Gasteiger partial charge is 0.492 e. The van der Waals surface area contributed by atoms with Crippen LogP contribution in [0.1, 0.15) is 38.2 Å². The van der Waals surface area contributed by atoms with Gasteiger partial charge < -0.3 is 15.0 Å². The van der Waals surface area contributed by atoms with E-state index in [1.165, 1.54) is 24.7 Å². The van der Waals surface area contributed by atoms with Gasteiger partial charge in [-0.3, -0.25) is 0 Å². The van der Waals surface area contributed by atoms with Crippen molar-refractivity contribution in [3.05, 3.63) is 35.7 Å². The number of nitrogens with zero attached hydrogens (tertiary/aromatic N) is 1. The molecule has 2 N–H and O–H groups in total. The number of nitrogens with one attached hydrogen (secondary N) is 2. The van der Waals surface area contributed by atoms with Crippen LogP contribution in [0, 0.1) is 5.92 Å². The molecule has 1 aliphatic carbocycles. The molecule has 3 unspecified atom stereocenters. The molecule has 7 heteroatoms. The van der Waals surface area contributed by atoms with E-state index in [-0.39, 0.29) is 17.3 Å². The number of imidazole rings is 1. The predicted octanol–water partition coefficient (Wildman–Crippen LogP) is 4.44. The Labute approximate surface area is 149 Å². The summed E-state index contributed by atoms with van der Waals surface area (Å²) in [7, 11) is 0. The minimum Gasteiger partial charge on any atom is -0.492 e. The fourth-order valence-corrected chi connectivity index (χ4v) is 4.03. The third-order valence-corrected chi connectivity index (χ3v) is 5.34. The van der Waals surface area contributed by atoms with E-state index >= 15 is 0 Å². The molecule has 2 aliphatic rings. The van der Waals surface area contributed by atoms with Gasteiger partial charge in [0, 0.05) is 18.2 Å². The third kappa shape index (κ3) is 3.45. The molecular formula is C19H22F3N3O. The first-order valence-corrected chi connectivity index (χ1v) is 9.02. The van der Waals surface area contributed by atoms with E-state index in [1.54, 1.807) is 6.07 Å². The van der Waals surface area contributed by atoms with Crippen LogP contribution in [0.2, 0.25) is 0 Å². The van der Waals surface area contributed by atoms with Crippen LogP contribution in [-0.4, -0.2) is 28.7 Å². The zero-order chi connectivity index (χ0) is 18.3. The standard InChI is InChI=1S/C19H22F3N3O/c1-11-5-13(12-3-2-4-12)6-14(25-11)9-26-15-7-16(19(20,21)22)18-17(8-15)23-10-24-18/h3,7-8,10-11,13-14,25H,2,4-6,9H2,1H3,(H,23,24). The zero-order valence-electron chi connectivity index (χ0n) is 14.6. The normalized spacial score (nSPS) is 26.5. The van der Waals surface area contributed by atoms with E-state index in [9.17, 15) is 13.2 Å². The summed E-state index contributed by atoms with van der Waals surface area (Å²) in [5.41, 5.74) is 1.01. The lowest BCUT2D eigenvalue weighted by Gasteiger charge is -2.37. The van der Waals surface area contributed by atoms with Crippen molar-refractivity contribution in [3.63, 3.8) is 0 Å². The molecule has 0 radical (unpaired) electrons. The van der Waals surface area contributed by atoms with E-state index < -0.39 is 11.7 Å². The summed E-state index contributed by atoms with van der Waals surface area (Å²) in [4.78, 5) is 6.52. The Balaban J connectivity index is 1.49. The number of aromatic nitrogens is 2. The number of aromatic amines is 1. The van der Waals surface area contributed by atoms with Gasteiger partial charge in [0.15, 0.2) is 0 Å². The molecule has 1 saturated heterocycles. The highest BCUT2D eigenvalue weighted by Gasteiger charge is 2.35. The molecule has 0 amide bonds. The predicted molar refractivity (Wildman–Crippen MR) is 93.0 cm³/mol. The molecule has 0 spiro atoms. The number of rotatable bonds is 4. The molecular weight excluding hydrogens is 343 g/mol. The van der Waals surface area contributed by atoms with Crippen molar-refractivity contribution in [2.45, 2.75) is 50.9 Å². The first-order chi connectivity index (χ1) is 12.4. The monoisotopic (exact) mass is 365 g/mol. The summed E-state index contributed by atoms with van der Waals surface area (Å²) < 4.78 is 45.6. The lowest BCUT2D eigenvalue weighted by atomic mass is 9.77. The molecule has 3 atom stereocenters. The number of allylic oxidation sites excluding steroid dienone is 2. The van der Waals surface area contributed by atoms with Crippen LogP contribution in [0.4, 0.5) is 13.2 Å². The van der Waals surface area contributed by atoms with Crippen LogP contribution in [0.25, 0.3) is 11.0 Å². The van der Waals surface area contributed by atoms with Crippen LogP contribution in [0.5, 0.6) is 5.75 Å². The minimum absolute atomic E-state index is 0.0775. The SMILES string of the molecule is CC1CC(C2=CCC2)CC(COc2cc(C(F)(F)F)c3nc[nH]c3c2)N1. The molecule has 140 valence electrons. The summed E-state index contributed by atoms with van der Waals surface area (Å²) in [6, 6.07) is 3.14. The summed E-state index contributed by atoms with van der Waals surface area (Å²) in [6.07, 6.45) is 3.53. The number of alkyl halides is 3. The van der Waals surface area contributed by atoms with Crippen LogP contribution in [-0.2, 0) is 6.18 Å². The van der Waals surface area contributed by atoms with Crippen molar-refractivity contribution in [3.8, 4) is 5.75 Å². The van der Waals surface area contributed by atoms with Gasteiger partial charge in [-0.2, -0.15) is 13.2 Å². The van der Waals surface area contributed by atoms with Gasteiger partial charge in [0.25, 0.3) is 0 Å². The highest BCUT2D eigenvalue weighted by atomic mass is 19.4. The van der Waals surface area contributed by atoms with E-state index in [2.05, 4.69) is 28.3 Å². The van der Waals surface area contributed by atoms with Crippen molar-refractivity contribution < 1.29 is 17.9 Å². The van der Waals surface area contributed by atoms with Gasteiger partial charge in [0.2, 0.25) is 0 Å². The van der Waals surface area contributed by atoms with Crippen molar-refractivity contribution in [1.29, 1.82) is 0 Å². The summed E-state index contributed by atoms with van der Waals surface area (Å²) >= 11 is 0. The molecule has 4 nitrogen and oxygen atoms in total. The van der Waals surface area contributed by atoms with Crippen molar-refractivity contribution in [2.24, 2.45) is 5.92 Å². The summed E-state index contributed by atoms with van der Waals surface area (Å²) in [5.74, 6) is 0.780. The number of ether oxygens (including phenoxy) is 1. The Kier molecular flexibility index (Phi) is 4.42. The average Bonchev–Trinajstić information content (AvgIpc) is 2.97. The van der Waals surface area contributed by atoms with Gasteiger partial charge in [-0.15, -0.1) is 0 Å². The quantitative estimate of drug-likeness (QED) is 0.788. The van der Waals surface area contributed by atoms with Gasteiger partial charge >= 0.3 is 6.18 Å². The van der Waals surface area contributed by atoms with E-state index in [4.69, 9.17) is 4.74 Å². The zero-order valence-corrected chi connectivity index (χ0v) is 14.6. The van der Waals surface area contributed by atoms with Gasteiger partial charge in [0.1, 0.15) is 17.9 Å². The maximum Gasteiger partial charge on any atom is 0.418 e. The molecule has 0 bridgehead atoms. The number of benzene rings is 1. The second-order valence-corrected chi connectivity index (χ2v) is 7.33. The molecule has 2 heterocycles. The third-order valence-electron chi connectivity index (χ3n) is 5.34. The highest BCUT2D eigenvalue weighted by Crippen LogP contribution is 2.37. The van der Waals surface area contributed by atoms with Crippen LogP contribution >= 0.6 is 0 Å². The number of fused-ring (bicyclic) bond motifs is 1. The topological polar surface area (TPSA) is 49.9 Å². The first kappa shape index (κ1) is 17.4. The Bertz CT molecular complexity index is 827.